The number of fused-ring (bicyclic) bond motifs is 1. The zero-order valence-corrected chi connectivity index (χ0v) is 13.6. The predicted molar refractivity (Wildman–Crippen MR) is 83.4 cm³/mol. The van der Waals surface area contributed by atoms with Gasteiger partial charge in [-0.05, 0) is 18.2 Å². The second kappa shape index (κ2) is 6.09. The molecule has 0 aliphatic rings. The molecule has 3 aromatic rings. The van der Waals surface area contributed by atoms with Gasteiger partial charge in [-0.3, -0.25) is 5.10 Å². The molecule has 0 amide bonds. The Morgan fingerprint density at radius 2 is 2.17 bits per heavy atom. The van der Waals surface area contributed by atoms with E-state index < -0.39 is 10.0 Å². The highest BCUT2D eigenvalue weighted by atomic mass is 32.2. The van der Waals surface area contributed by atoms with E-state index in [4.69, 9.17) is 4.52 Å². The molecular weight excluding hydrogens is 318 g/mol. The molecule has 0 aliphatic carbocycles. The van der Waals surface area contributed by atoms with Gasteiger partial charge in [0.05, 0.1) is 16.6 Å². The number of aromatic nitrogens is 4. The zero-order chi connectivity index (χ0) is 16.4. The third-order valence-corrected chi connectivity index (χ3v) is 4.81. The summed E-state index contributed by atoms with van der Waals surface area (Å²) >= 11 is 0. The van der Waals surface area contributed by atoms with Crippen LogP contribution in [0, 0.1) is 0 Å². The van der Waals surface area contributed by atoms with Gasteiger partial charge in [0.1, 0.15) is 0 Å². The third-order valence-electron chi connectivity index (χ3n) is 3.35. The van der Waals surface area contributed by atoms with Gasteiger partial charge >= 0.3 is 0 Å². The van der Waals surface area contributed by atoms with Gasteiger partial charge in [-0.1, -0.05) is 19.0 Å². The van der Waals surface area contributed by atoms with Gasteiger partial charge in [0.15, 0.2) is 5.82 Å². The summed E-state index contributed by atoms with van der Waals surface area (Å²) in [5, 5.41) is 11.3. The SMILES string of the molecule is CC(C)c1noc(CCNS(=O)(=O)c2ccc3cn[nH]c3c2)n1. The normalized spacial score (nSPS) is 12.3. The average Bonchev–Trinajstić information content (AvgIpc) is 3.15. The largest absolute Gasteiger partial charge is 0.339 e. The van der Waals surface area contributed by atoms with Gasteiger partial charge in [-0.2, -0.15) is 10.1 Å². The molecule has 8 nitrogen and oxygen atoms in total. The van der Waals surface area contributed by atoms with Crippen molar-refractivity contribution < 1.29 is 12.9 Å². The molecule has 0 spiro atoms. The van der Waals surface area contributed by atoms with Crippen molar-refractivity contribution in [3.63, 3.8) is 0 Å². The summed E-state index contributed by atoms with van der Waals surface area (Å²) in [4.78, 5) is 4.39. The Balaban J connectivity index is 1.66. The number of nitrogens with zero attached hydrogens (tertiary/aromatic N) is 3. The Bertz CT molecular complexity index is 913. The van der Waals surface area contributed by atoms with Crippen molar-refractivity contribution in [2.24, 2.45) is 0 Å². The van der Waals surface area contributed by atoms with E-state index >= 15 is 0 Å². The molecule has 23 heavy (non-hydrogen) atoms. The molecule has 0 saturated carbocycles. The molecule has 0 radical (unpaired) electrons. The summed E-state index contributed by atoms with van der Waals surface area (Å²) < 4.78 is 32.2. The molecule has 1 aromatic carbocycles. The Morgan fingerprint density at radius 1 is 1.35 bits per heavy atom. The minimum Gasteiger partial charge on any atom is -0.339 e. The molecule has 0 saturated heterocycles. The predicted octanol–water partition coefficient (Wildman–Crippen LogP) is 1.59. The van der Waals surface area contributed by atoms with Crippen LogP contribution >= 0.6 is 0 Å². The van der Waals surface area contributed by atoms with Crippen LogP contribution in [0.25, 0.3) is 10.9 Å². The molecule has 0 aliphatic heterocycles. The number of hydrogen-bond donors (Lipinski definition) is 2. The van der Waals surface area contributed by atoms with Crippen molar-refractivity contribution in [2.75, 3.05) is 6.54 Å². The number of sulfonamides is 1. The maximum atomic E-state index is 12.3. The third kappa shape index (κ3) is 3.40. The lowest BCUT2D eigenvalue weighted by Crippen LogP contribution is -2.26. The number of aromatic amines is 1. The van der Waals surface area contributed by atoms with Crippen molar-refractivity contribution in [3.8, 4) is 0 Å². The van der Waals surface area contributed by atoms with E-state index in [0.29, 0.717) is 23.7 Å². The standard InChI is InChI=1S/C14H17N5O3S/c1-9(2)14-17-13(22-19-14)5-6-16-23(20,21)11-4-3-10-8-15-18-12(10)7-11/h3-4,7-9,16H,5-6H2,1-2H3,(H,15,18). The van der Waals surface area contributed by atoms with Crippen LogP contribution in [0.4, 0.5) is 0 Å². The van der Waals surface area contributed by atoms with E-state index in [1.807, 2.05) is 13.8 Å². The van der Waals surface area contributed by atoms with Gasteiger partial charge in [-0.15, -0.1) is 0 Å². The quantitative estimate of drug-likeness (QED) is 0.707. The Morgan fingerprint density at radius 3 is 2.91 bits per heavy atom. The van der Waals surface area contributed by atoms with Gasteiger partial charge in [0.25, 0.3) is 0 Å². The van der Waals surface area contributed by atoms with Gasteiger partial charge in [0, 0.05) is 24.3 Å². The molecule has 0 unspecified atom stereocenters. The monoisotopic (exact) mass is 335 g/mol. The van der Waals surface area contributed by atoms with E-state index in [-0.39, 0.29) is 17.4 Å². The number of nitrogens with one attached hydrogen (secondary N) is 2. The van der Waals surface area contributed by atoms with Gasteiger partial charge in [0.2, 0.25) is 15.9 Å². The van der Waals surface area contributed by atoms with Crippen LogP contribution in [0.15, 0.2) is 33.8 Å². The van der Waals surface area contributed by atoms with E-state index in [1.165, 1.54) is 0 Å². The molecule has 0 fully saturated rings. The Hall–Kier alpha value is -2.26. The van der Waals surface area contributed by atoms with Crippen molar-refractivity contribution in [1.82, 2.24) is 25.1 Å². The highest BCUT2D eigenvalue weighted by molar-refractivity contribution is 7.89. The van der Waals surface area contributed by atoms with Crippen LogP contribution in [0.5, 0.6) is 0 Å². The summed E-state index contributed by atoms with van der Waals surface area (Å²) in [7, 11) is -3.60. The van der Waals surface area contributed by atoms with E-state index in [1.54, 1.807) is 24.4 Å². The molecule has 0 bridgehead atoms. The topological polar surface area (TPSA) is 114 Å². The van der Waals surface area contributed by atoms with Crippen molar-refractivity contribution in [3.05, 3.63) is 36.1 Å². The molecule has 2 N–H and O–H groups in total. The lowest BCUT2D eigenvalue weighted by atomic mass is 10.2. The minimum absolute atomic E-state index is 0.172. The lowest BCUT2D eigenvalue weighted by Gasteiger charge is -2.05. The summed E-state index contributed by atoms with van der Waals surface area (Å²) in [6.45, 7) is 4.11. The van der Waals surface area contributed by atoms with Crippen molar-refractivity contribution in [1.29, 1.82) is 0 Å². The molecule has 2 heterocycles. The second-order valence-corrected chi connectivity index (χ2v) is 7.23. The van der Waals surface area contributed by atoms with Gasteiger partial charge < -0.3 is 4.52 Å². The first kappa shape index (κ1) is 15.6. The van der Waals surface area contributed by atoms with Gasteiger partial charge in [-0.25, -0.2) is 13.1 Å². The van der Waals surface area contributed by atoms with E-state index in [9.17, 15) is 8.42 Å². The first-order valence-corrected chi connectivity index (χ1v) is 8.69. The maximum Gasteiger partial charge on any atom is 0.240 e. The molecule has 9 heteroatoms. The van der Waals surface area contributed by atoms with Crippen LogP contribution in [-0.2, 0) is 16.4 Å². The second-order valence-electron chi connectivity index (χ2n) is 5.47. The van der Waals surface area contributed by atoms with E-state index in [2.05, 4.69) is 25.1 Å². The molecule has 2 aromatic heterocycles. The summed E-state index contributed by atoms with van der Waals surface area (Å²) in [5.41, 5.74) is 0.673. The van der Waals surface area contributed by atoms with Crippen molar-refractivity contribution in [2.45, 2.75) is 31.1 Å². The minimum atomic E-state index is -3.60. The van der Waals surface area contributed by atoms with Crippen LogP contribution < -0.4 is 4.72 Å². The van der Waals surface area contributed by atoms with Crippen LogP contribution in [-0.4, -0.2) is 35.3 Å². The zero-order valence-electron chi connectivity index (χ0n) is 12.8. The fourth-order valence-corrected chi connectivity index (χ4v) is 3.12. The first-order valence-electron chi connectivity index (χ1n) is 7.21. The summed E-state index contributed by atoms with van der Waals surface area (Å²) in [6.07, 6.45) is 1.98. The lowest BCUT2D eigenvalue weighted by molar-refractivity contribution is 0.371. The fraction of sp³-hybridized carbons (Fsp3) is 0.357. The smallest absolute Gasteiger partial charge is 0.240 e. The summed E-state index contributed by atoms with van der Waals surface area (Å²) in [5.74, 6) is 1.21. The molecule has 122 valence electrons. The number of H-pyrrole nitrogens is 1. The highest BCUT2D eigenvalue weighted by Gasteiger charge is 2.16. The maximum absolute atomic E-state index is 12.3. The van der Waals surface area contributed by atoms with Crippen LogP contribution in [0.3, 0.4) is 0 Å². The van der Waals surface area contributed by atoms with Crippen LogP contribution in [0.2, 0.25) is 0 Å². The Labute approximate surface area is 133 Å². The fourth-order valence-electron chi connectivity index (χ4n) is 2.06. The molecule has 0 atom stereocenters. The van der Waals surface area contributed by atoms with E-state index in [0.717, 1.165) is 5.39 Å². The van der Waals surface area contributed by atoms with Crippen molar-refractivity contribution >= 4 is 20.9 Å². The number of benzene rings is 1. The molecule has 3 rings (SSSR count). The highest BCUT2D eigenvalue weighted by Crippen LogP contribution is 2.16. The summed E-state index contributed by atoms with van der Waals surface area (Å²) in [6, 6.07) is 4.80. The first-order chi connectivity index (χ1) is 11.0. The number of rotatable bonds is 6. The average molecular weight is 335 g/mol. The number of hydrogen-bond acceptors (Lipinski definition) is 6. The van der Waals surface area contributed by atoms with Crippen LogP contribution in [0.1, 0.15) is 31.5 Å². The molecular formula is C14H17N5O3S. The Kier molecular flexibility index (Phi) is 4.14.